The van der Waals surface area contributed by atoms with E-state index in [2.05, 4.69) is 6.07 Å². The SMILES string of the molecule is COC(=O)C[C@@H]1C[C@@H](COc2ccc(-c3ccc(C#N)cc3)cc2)N(CCOC(C)=O)C1=O. The molecule has 3 rings (SSSR count). The molecule has 1 aliphatic rings. The van der Waals surface area contributed by atoms with Gasteiger partial charge < -0.3 is 19.1 Å². The van der Waals surface area contributed by atoms with Crippen molar-refractivity contribution in [2.75, 3.05) is 26.9 Å². The van der Waals surface area contributed by atoms with Crippen LogP contribution in [0.25, 0.3) is 11.1 Å². The molecule has 1 amide bonds. The molecule has 2 atom stereocenters. The molecular weight excluding hydrogens is 424 g/mol. The normalized spacial score (nSPS) is 17.4. The summed E-state index contributed by atoms with van der Waals surface area (Å²) in [6, 6.07) is 16.7. The van der Waals surface area contributed by atoms with Gasteiger partial charge in [-0.05, 0) is 41.8 Å². The highest BCUT2D eigenvalue weighted by atomic mass is 16.5. The third kappa shape index (κ3) is 6.32. The minimum absolute atomic E-state index is 0.00911. The highest BCUT2D eigenvalue weighted by molar-refractivity contribution is 5.86. The number of hydrogen-bond donors (Lipinski definition) is 0. The average molecular weight is 450 g/mol. The summed E-state index contributed by atoms with van der Waals surface area (Å²) in [4.78, 5) is 37.2. The number of hydrogen-bond acceptors (Lipinski definition) is 7. The van der Waals surface area contributed by atoms with Gasteiger partial charge in [0.1, 0.15) is 19.0 Å². The second-order valence-electron chi connectivity index (χ2n) is 7.76. The van der Waals surface area contributed by atoms with Crippen molar-refractivity contribution >= 4 is 17.8 Å². The van der Waals surface area contributed by atoms with Crippen LogP contribution in [0.1, 0.15) is 25.3 Å². The Kier molecular flexibility index (Phi) is 8.03. The summed E-state index contributed by atoms with van der Waals surface area (Å²) in [7, 11) is 1.29. The largest absolute Gasteiger partial charge is 0.491 e. The Morgan fingerprint density at radius 1 is 1.09 bits per heavy atom. The highest BCUT2D eigenvalue weighted by Crippen LogP contribution is 2.29. The zero-order chi connectivity index (χ0) is 23.8. The van der Waals surface area contributed by atoms with Crippen LogP contribution in [0.5, 0.6) is 5.75 Å². The fourth-order valence-electron chi connectivity index (χ4n) is 3.84. The Hall–Kier alpha value is -3.86. The van der Waals surface area contributed by atoms with Crippen molar-refractivity contribution in [3.8, 4) is 22.9 Å². The highest BCUT2D eigenvalue weighted by Gasteiger charge is 2.40. The molecule has 1 saturated heterocycles. The van der Waals surface area contributed by atoms with E-state index in [4.69, 9.17) is 19.5 Å². The summed E-state index contributed by atoms with van der Waals surface area (Å²) in [5, 5.41) is 8.93. The van der Waals surface area contributed by atoms with Crippen LogP contribution in [-0.4, -0.2) is 55.7 Å². The molecule has 2 aromatic carbocycles. The summed E-state index contributed by atoms with van der Waals surface area (Å²) in [6.07, 6.45) is 0.465. The van der Waals surface area contributed by atoms with Crippen LogP contribution < -0.4 is 4.74 Å². The van der Waals surface area contributed by atoms with Crippen molar-refractivity contribution in [3.05, 3.63) is 54.1 Å². The number of likely N-dealkylation sites (tertiary alicyclic amines) is 1. The Bertz CT molecular complexity index is 1030. The summed E-state index contributed by atoms with van der Waals surface area (Å²) in [6.45, 7) is 1.89. The first-order valence-electron chi connectivity index (χ1n) is 10.6. The van der Waals surface area contributed by atoms with Gasteiger partial charge in [-0.1, -0.05) is 24.3 Å². The molecule has 0 aromatic heterocycles. The van der Waals surface area contributed by atoms with Crippen LogP contribution in [0.4, 0.5) is 0 Å². The zero-order valence-corrected chi connectivity index (χ0v) is 18.7. The first-order chi connectivity index (χ1) is 15.9. The number of benzene rings is 2. The van der Waals surface area contributed by atoms with Crippen molar-refractivity contribution in [2.24, 2.45) is 5.92 Å². The zero-order valence-electron chi connectivity index (χ0n) is 18.7. The summed E-state index contributed by atoms with van der Waals surface area (Å²) in [5.74, 6) is -0.855. The number of methoxy groups -OCH3 is 1. The fourth-order valence-corrected chi connectivity index (χ4v) is 3.84. The molecule has 8 nitrogen and oxygen atoms in total. The minimum Gasteiger partial charge on any atom is -0.491 e. The molecule has 1 heterocycles. The van der Waals surface area contributed by atoms with E-state index < -0.39 is 17.9 Å². The van der Waals surface area contributed by atoms with Crippen LogP contribution in [-0.2, 0) is 23.9 Å². The molecule has 0 N–H and O–H groups in total. The molecule has 0 unspecified atom stereocenters. The van der Waals surface area contributed by atoms with Gasteiger partial charge >= 0.3 is 11.9 Å². The second-order valence-corrected chi connectivity index (χ2v) is 7.76. The molecule has 1 aliphatic heterocycles. The van der Waals surface area contributed by atoms with Gasteiger partial charge in [-0.2, -0.15) is 5.26 Å². The van der Waals surface area contributed by atoms with Crippen LogP contribution in [0.2, 0.25) is 0 Å². The van der Waals surface area contributed by atoms with Gasteiger partial charge in [0.15, 0.2) is 0 Å². The van der Waals surface area contributed by atoms with E-state index in [1.54, 1.807) is 17.0 Å². The first-order valence-corrected chi connectivity index (χ1v) is 10.6. The van der Waals surface area contributed by atoms with Crippen LogP contribution >= 0.6 is 0 Å². The van der Waals surface area contributed by atoms with E-state index in [1.807, 2.05) is 36.4 Å². The number of rotatable bonds is 9. The van der Waals surface area contributed by atoms with Crippen molar-refractivity contribution in [1.82, 2.24) is 4.90 Å². The number of carbonyl (C=O) groups is 3. The third-order valence-electron chi connectivity index (χ3n) is 5.55. The lowest BCUT2D eigenvalue weighted by atomic mass is 10.0. The molecule has 0 bridgehead atoms. The Balaban J connectivity index is 1.63. The Morgan fingerprint density at radius 2 is 1.73 bits per heavy atom. The molecule has 33 heavy (non-hydrogen) atoms. The molecule has 0 radical (unpaired) electrons. The molecule has 2 aromatic rings. The maximum atomic E-state index is 12.8. The number of nitriles is 1. The van der Waals surface area contributed by atoms with Crippen LogP contribution in [0.3, 0.4) is 0 Å². The second kappa shape index (κ2) is 11.1. The average Bonchev–Trinajstić information content (AvgIpc) is 3.12. The van der Waals surface area contributed by atoms with Crippen molar-refractivity contribution in [3.63, 3.8) is 0 Å². The maximum Gasteiger partial charge on any atom is 0.306 e. The van der Waals surface area contributed by atoms with Gasteiger partial charge in [0.05, 0.1) is 43.7 Å². The minimum atomic E-state index is -0.484. The lowest BCUT2D eigenvalue weighted by Gasteiger charge is -2.24. The number of carbonyl (C=O) groups excluding carboxylic acids is 3. The Morgan fingerprint density at radius 3 is 2.30 bits per heavy atom. The molecule has 8 heteroatoms. The van der Waals surface area contributed by atoms with Gasteiger partial charge in [0.2, 0.25) is 5.91 Å². The monoisotopic (exact) mass is 450 g/mol. The summed E-state index contributed by atoms with van der Waals surface area (Å²) < 4.78 is 15.6. The van der Waals surface area contributed by atoms with Crippen molar-refractivity contribution in [1.29, 1.82) is 5.26 Å². The number of ether oxygens (including phenoxy) is 3. The maximum absolute atomic E-state index is 12.8. The van der Waals surface area contributed by atoms with Crippen LogP contribution in [0.15, 0.2) is 48.5 Å². The van der Waals surface area contributed by atoms with Crippen molar-refractivity contribution < 1.29 is 28.6 Å². The first kappa shape index (κ1) is 23.8. The van der Waals surface area contributed by atoms with Crippen molar-refractivity contribution in [2.45, 2.75) is 25.8 Å². The van der Waals surface area contributed by atoms with Gasteiger partial charge in [-0.25, -0.2) is 0 Å². The van der Waals surface area contributed by atoms with E-state index in [-0.39, 0.29) is 38.1 Å². The molecule has 1 fully saturated rings. The van der Waals surface area contributed by atoms with E-state index in [0.29, 0.717) is 17.7 Å². The van der Waals surface area contributed by atoms with Gasteiger partial charge in [-0.15, -0.1) is 0 Å². The Labute approximate surface area is 192 Å². The van der Waals surface area contributed by atoms with Gasteiger partial charge in [-0.3, -0.25) is 14.4 Å². The fraction of sp³-hybridized carbons (Fsp3) is 0.360. The quantitative estimate of drug-likeness (QED) is 0.541. The summed E-state index contributed by atoms with van der Waals surface area (Å²) in [5.41, 5.74) is 2.59. The predicted octanol–water partition coefficient (Wildman–Crippen LogP) is 2.95. The molecular formula is C25H26N2O6. The topological polar surface area (TPSA) is 106 Å². The summed E-state index contributed by atoms with van der Waals surface area (Å²) >= 11 is 0. The number of nitrogens with zero attached hydrogens (tertiary/aromatic N) is 2. The van der Waals surface area contributed by atoms with Crippen LogP contribution in [0, 0.1) is 17.2 Å². The van der Waals surface area contributed by atoms with Gasteiger partial charge in [0.25, 0.3) is 0 Å². The predicted molar refractivity (Wildman–Crippen MR) is 119 cm³/mol. The number of amides is 1. The molecule has 0 saturated carbocycles. The van der Waals surface area contributed by atoms with E-state index >= 15 is 0 Å². The van der Waals surface area contributed by atoms with E-state index in [9.17, 15) is 14.4 Å². The van der Waals surface area contributed by atoms with E-state index in [1.165, 1.54) is 14.0 Å². The smallest absolute Gasteiger partial charge is 0.306 e. The standard InChI is InChI=1S/C25H26N2O6/c1-17(28)32-12-11-27-22(13-21(25(27)30)14-24(29)31-2)16-33-23-9-7-20(8-10-23)19-5-3-18(15-26)4-6-19/h3-10,21-22H,11-14,16H2,1-2H3/t21-,22-/m0/s1. The number of esters is 2. The van der Waals surface area contributed by atoms with E-state index in [0.717, 1.165) is 11.1 Å². The molecule has 0 spiro atoms. The molecule has 172 valence electrons. The molecule has 0 aliphatic carbocycles. The lowest BCUT2D eigenvalue weighted by Crippen LogP contribution is -2.40. The van der Waals surface area contributed by atoms with Gasteiger partial charge in [0, 0.05) is 6.92 Å². The third-order valence-corrected chi connectivity index (χ3v) is 5.55. The lowest BCUT2D eigenvalue weighted by molar-refractivity contribution is -0.146.